The van der Waals surface area contributed by atoms with Crippen molar-refractivity contribution in [3.05, 3.63) is 64.2 Å². The highest BCUT2D eigenvalue weighted by molar-refractivity contribution is 6.30. The lowest BCUT2D eigenvalue weighted by Gasteiger charge is -2.32. The minimum Gasteiger partial charge on any atom is -0.492 e. The maximum Gasteiger partial charge on any atom is 0.119 e. The molecular formula is C19H23ClN2O. The van der Waals surface area contributed by atoms with E-state index in [1.165, 1.54) is 16.7 Å². The van der Waals surface area contributed by atoms with Gasteiger partial charge in [0.15, 0.2) is 0 Å². The molecule has 122 valence electrons. The lowest BCUT2D eigenvalue weighted by atomic mass is 9.76. The number of halogens is 1. The van der Waals surface area contributed by atoms with Crippen LogP contribution in [0.15, 0.2) is 42.5 Å². The van der Waals surface area contributed by atoms with Gasteiger partial charge in [-0.05, 0) is 60.2 Å². The molecule has 0 saturated heterocycles. The van der Waals surface area contributed by atoms with Crippen molar-refractivity contribution in [1.82, 2.24) is 0 Å². The van der Waals surface area contributed by atoms with Crippen LogP contribution >= 0.6 is 11.6 Å². The third kappa shape index (κ3) is 3.86. The molecule has 0 heterocycles. The summed E-state index contributed by atoms with van der Waals surface area (Å²) >= 11 is 5.98. The molecule has 4 N–H and O–H groups in total. The van der Waals surface area contributed by atoms with Crippen LogP contribution in [0.1, 0.15) is 29.0 Å². The van der Waals surface area contributed by atoms with Gasteiger partial charge in [-0.2, -0.15) is 0 Å². The average molecular weight is 331 g/mol. The van der Waals surface area contributed by atoms with E-state index < -0.39 is 0 Å². The van der Waals surface area contributed by atoms with Gasteiger partial charge < -0.3 is 16.2 Å². The van der Waals surface area contributed by atoms with E-state index in [9.17, 15) is 0 Å². The Morgan fingerprint density at radius 3 is 2.65 bits per heavy atom. The molecule has 0 aliphatic heterocycles. The summed E-state index contributed by atoms with van der Waals surface area (Å²) in [5.74, 6) is 1.19. The molecule has 2 aromatic carbocycles. The lowest BCUT2D eigenvalue weighted by molar-refractivity contribution is 0.327. The second kappa shape index (κ2) is 7.35. The van der Waals surface area contributed by atoms with E-state index in [1.54, 1.807) is 0 Å². The van der Waals surface area contributed by atoms with E-state index in [0.717, 1.165) is 30.0 Å². The highest BCUT2D eigenvalue weighted by atomic mass is 35.5. The Balaban J connectivity index is 1.86. The molecule has 1 aliphatic rings. The molecule has 2 atom stereocenters. The van der Waals surface area contributed by atoms with Crippen LogP contribution < -0.4 is 16.2 Å². The monoisotopic (exact) mass is 330 g/mol. The van der Waals surface area contributed by atoms with Gasteiger partial charge in [0, 0.05) is 23.5 Å². The van der Waals surface area contributed by atoms with Crippen LogP contribution in [0.25, 0.3) is 0 Å². The Morgan fingerprint density at radius 2 is 1.91 bits per heavy atom. The maximum absolute atomic E-state index is 6.43. The predicted molar refractivity (Wildman–Crippen MR) is 95.2 cm³/mol. The van der Waals surface area contributed by atoms with Gasteiger partial charge in [0.1, 0.15) is 12.4 Å². The van der Waals surface area contributed by atoms with Gasteiger partial charge in [0.05, 0.1) is 0 Å². The normalized spacial score (nSPS) is 20.1. The van der Waals surface area contributed by atoms with Gasteiger partial charge >= 0.3 is 0 Å². The molecule has 0 bridgehead atoms. The number of aryl methyl sites for hydroxylation is 1. The van der Waals surface area contributed by atoms with Crippen molar-refractivity contribution in [1.29, 1.82) is 0 Å². The lowest BCUT2D eigenvalue weighted by Crippen LogP contribution is -2.34. The molecule has 0 fully saturated rings. The van der Waals surface area contributed by atoms with Crippen LogP contribution in [0.2, 0.25) is 5.02 Å². The molecule has 2 unspecified atom stereocenters. The van der Waals surface area contributed by atoms with Gasteiger partial charge in [-0.15, -0.1) is 0 Å². The SMILES string of the molecule is NCCOc1ccc2c(c1)C(Cc1ccc(Cl)cc1)C(N)CC2. The second-order valence-electron chi connectivity index (χ2n) is 6.14. The molecule has 2 aromatic rings. The van der Waals surface area contributed by atoms with E-state index in [-0.39, 0.29) is 6.04 Å². The maximum atomic E-state index is 6.43. The van der Waals surface area contributed by atoms with Gasteiger partial charge in [0.2, 0.25) is 0 Å². The Morgan fingerprint density at radius 1 is 1.13 bits per heavy atom. The van der Waals surface area contributed by atoms with Crippen molar-refractivity contribution in [2.45, 2.75) is 31.2 Å². The Labute approximate surface area is 142 Å². The van der Waals surface area contributed by atoms with E-state index in [0.29, 0.717) is 19.1 Å². The van der Waals surface area contributed by atoms with Crippen molar-refractivity contribution in [3.63, 3.8) is 0 Å². The summed E-state index contributed by atoms with van der Waals surface area (Å²) in [6.45, 7) is 1.05. The first kappa shape index (κ1) is 16.3. The van der Waals surface area contributed by atoms with Crippen LogP contribution in [-0.4, -0.2) is 19.2 Å². The molecule has 0 aromatic heterocycles. The predicted octanol–water partition coefficient (Wildman–Crippen LogP) is 3.28. The van der Waals surface area contributed by atoms with E-state index in [1.807, 2.05) is 18.2 Å². The second-order valence-corrected chi connectivity index (χ2v) is 6.57. The summed E-state index contributed by atoms with van der Waals surface area (Å²) in [7, 11) is 0. The Kier molecular flexibility index (Phi) is 5.21. The Hall–Kier alpha value is -1.55. The van der Waals surface area contributed by atoms with E-state index in [2.05, 4.69) is 24.3 Å². The van der Waals surface area contributed by atoms with Gasteiger partial charge in [-0.25, -0.2) is 0 Å². The fraction of sp³-hybridized carbons (Fsp3) is 0.368. The third-order valence-electron chi connectivity index (χ3n) is 4.54. The summed E-state index contributed by atoms with van der Waals surface area (Å²) in [5, 5.41) is 0.763. The zero-order valence-electron chi connectivity index (χ0n) is 13.2. The standard InChI is InChI=1S/C19H23ClN2O/c20-15-5-1-13(2-6-15)11-18-17-12-16(23-10-9-21)7-3-14(17)4-8-19(18)22/h1-3,5-7,12,18-19H,4,8-11,21-22H2. The Bertz CT molecular complexity index is 657. The van der Waals surface area contributed by atoms with Crippen LogP contribution in [0, 0.1) is 0 Å². The molecule has 0 saturated carbocycles. The summed E-state index contributed by atoms with van der Waals surface area (Å²) in [4.78, 5) is 0. The summed E-state index contributed by atoms with van der Waals surface area (Å²) < 4.78 is 5.69. The summed E-state index contributed by atoms with van der Waals surface area (Å²) in [6, 6.07) is 14.6. The topological polar surface area (TPSA) is 61.3 Å². The highest BCUT2D eigenvalue weighted by Gasteiger charge is 2.27. The van der Waals surface area contributed by atoms with Crippen LogP contribution in [-0.2, 0) is 12.8 Å². The number of nitrogens with two attached hydrogens (primary N) is 2. The number of rotatable bonds is 5. The molecule has 1 aliphatic carbocycles. The number of benzene rings is 2. The zero-order chi connectivity index (χ0) is 16.2. The van der Waals surface area contributed by atoms with Crippen LogP contribution in [0.3, 0.4) is 0 Å². The minimum atomic E-state index is 0.169. The molecule has 23 heavy (non-hydrogen) atoms. The molecule has 0 amide bonds. The van der Waals surface area contributed by atoms with Gasteiger partial charge in [0.25, 0.3) is 0 Å². The van der Waals surface area contributed by atoms with Crippen molar-refractivity contribution >= 4 is 11.6 Å². The third-order valence-corrected chi connectivity index (χ3v) is 4.79. The zero-order valence-corrected chi connectivity index (χ0v) is 13.9. The number of ether oxygens (including phenoxy) is 1. The molecule has 3 rings (SSSR count). The number of hydrogen-bond acceptors (Lipinski definition) is 3. The van der Waals surface area contributed by atoms with E-state index >= 15 is 0 Å². The number of hydrogen-bond donors (Lipinski definition) is 2. The van der Waals surface area contributed by atoms with Crippen molar-refractivity contribution in [2.75, 3.05) is 13.2 Å². The van der Waals surface area contributed by atoms with Crippen molar-refractivity contribution < 1.29 is 4.74 Å². The van der Waals surface area contributed by atoms with Crippen molar-refractivity contribution in [3.8, 4) is 5.75 Å². The fourth-order valence-corrected chi connectivity index (χ4v) is 3.43. The van der Waals surface area contributed by atoms with Crippen LogP contribution in [0.4, 0.5) is 0 Å². The quantitative estimate of drug-likeness (QED) is 0.884. The first-order chi connectivity index (χ1) is 11.2. The molecule has 3 nitrogen and oxygen atoms in total. The van der Waals surface area contributed by atoms with Gasteiger partial charge in [-0.3, -0.25) is 0 Å². The minimum absolute atomic E-state index is 0.169. The highest BCUT2D eigenvalue weighted by Crippen LogP contribution is 2.35. The first-order valence-electron chi connectivity index (χ1n) is 8.13. The molecular weight excluding hydrogens is 308 g/mol. The number of fused-ring (bicyclic) bond motifs is 1. The van der Waals surface area contributed by atoms with Crippen molar-refractivity contribution in [2.24, 2.45) is 11.5 Å². The largest absolute Gasteiger partial charge is 0.492 e. The molecule has 0 radical (unpaired) electrons. The van der Waals surface area contributed by atoms with Gasteiger partial charge in [-0.1, -0.05) is 29.8 Å². The first-order valence-corrected chi connectivity index (χ1v) is 8.51. The molecule has 0 spiro atoms. The van der Waals surface area contributed by atoms with E-state index in [4.69, 9.17) is 27.8 Å². The summed E-state index contributed by atoms with van der Waals surface area (Å²) in [6.07, 6.45) is 2.98. The fourth-order valence-electron chi connectivity index (χ4n) is 3.30. The molecule has 4 heteroatoms. The summed E-state index contributed by atoms with van der Waals surface area (Å²) in [5.41, 5.74) is 15.9. The average Bonchev–Trinajstić information content (AvgIpc) is 2.57. The van der Waals surface area contributed by atoms with Crippen LogP contribution in [0.5, 0.6) is 5.75 Å². The smallest absolute Gasteiger partial charge is 0.119 e.